The van der Waals surface area contributed by atoms with E-state index in [1.165, 1.54) is 0 Å². The van der Waals surface area contributed by atoms with Gasteiger partial charge in [-0.3, -0.25) is 9.59 Å². The minimum absolute atomic E-state index is 0.107. The van der Waals surface area contributed by atoms with Crippen LogP contribution in [-0.2, 0) is 9.59 Å². The van der Waals surface area contributed by atoms with Gasteiger partial charge >= 0.3 is 0 Å². The second-order valence-corrected chi connectivity index (χ2v) is 7.16. The third-order valence-corrected chi connectivity index (χ3v) is 5.12. The van der Waals surface area contributed by atoms with Crippen molar-refractivity contribution < 1.29 is 14.3 Å². The number of hydrogen-bond acceptors (Lipinski definition) is 4. The van der Waals surface area contributed by atoms with Gasteiger partial charge in [0.2, 0.25) is 5.91 Å². The molecule has 1 fully saturated rings. The summed E-state index contributed by atoms with van der Waals surface area (Å²) < 4.78 is 5.73. The van der Waals surface area contributed by atoms with Crippen LogP contribution in [0.1, 0.15) is 30.4 Å². The molecule has 1 aliphatic rings. The number of rotatable bonds is 7. The summed E-state index contributed by atoms with van der Waals surface area (Å²) in [5.41, 5.74) is 3.77. The van der Waals surface area contributed by atoms with Crippen LogP contribution in [0.25, 0.3) is 0 Å². The van der Waals surface area contributed by atoms with E-state index < -0.39 is 0 Å². The summed E-state index contributed by atoms with van der Waals surface area (Å²) in [5, 5.41) is 8.95. The molecule has 0 atom stereocenters. The molecule has 6 heteroatoms. The standard InChI is InChI=1S/C23H25N3O3/c1-17-9-10-20(14-18(17)2)26(13-5-11-24)23(28)16-29-21-7-3-6-19(15-21)25-12-4-8-22(25)27/h3,6-7,9-10,14-15H,4-5,8,12-13,16H2,1-2H3. The van der Waals surface area contributed by atoms with Gasteiger partial charge in [0.15, 0.2) is 6.61 Å². The molecular weight excluding hydrogens is 366 g/mol. The molecule has 29 heavy (non-hydrogen) atoms. The third-order valence-electron chi connectivity index (χ3n) is 5.12. The van der Waals surface area contributed by atoms with Crippen molar-refractivity contribution in [2.75, 3.05) is 29.5 Å². The van der Waals surface area contributed by atoms with Crippen LogP contribution in [0.2, 0.25) is 0 Å². The molecular formula is C23H25N3O3. The summed E-state index contributed by atoms with van der Waals surface area (Å²) in [6.45, 7) is 4.88. The predicted octanol–water partition coefficient (Wildman–Crippen LogP) is 3.76. The quantitative estimate of drug-likeness (QED) is 0.720. The highest BCUT2D eigenvalue weighted by Gasteiger charge is 2.22. The highest BCUT2D eigenvalue weighted by molar-refractivity contribution is 5.96. The molecule has 2 aromatic rings. The number of ether oxygens (including phenoxy) is 1. The normalized spacial score (nSPS) is 13.3. The van der Waals surface area contributed by atoms with Crippen LogP contribution in [0.3, 0.4) is 0 Å². The van der Waals surface area contributed by atoms with Crippen molar-refractivity contribution in [2.45, 2.75) is 33.1 Å². The first-order valence-electron chi connectivity index (χ1n) is 9.77. The van der Waals surface area contributed by atoms with Gasteiger partial charge in [0.25, 0.3) is 5.91 Å². The number of hydrogen-bond donors (Lipinski definition) is 0. The number of anilines is 2. The average Bonchev–Trinajstić information content (AvgIpc) is 3.15. The number of nitriles is 1. The lowest BCUT2D eigenvalue weighted by Crippen LogP contribution is -2.35. The molecule has 6 nitrogen and oxygen atoms in total. The fourth-order valence-corrected chi connectivity index (χ4v) is 3.34. The molecule has 0 radical (unpaired) electrons. The highest BCUT2D eigenvalue weighted by atomic mass is 16.5. The Labute approximate surface area is 171 Å². The summed E-state index contributed by atoms with van der Waals surface area (Å²) in [7, 11) is 0. The van der Waals surface area contributed by atoms with Gasteiger partial charge in [0.05, 0.1) is 12.5 Å². The number of nitrogens with zero attached hydrogens (tertiary/aromatic N) is 3. The summed E-state index contributed by atoms with van der Waals surface area (Å²) in [6.07, 6.45) is 1.66. The second-order valence-electron chi connectivity index (χ2n) is 7.16. The van der Waals surface area contributed by atoms with Crippen molar-refractivity contribution in [1.29, 1.82) is 5.26 Å². The number of aryl methyl sites for hydroxylation is 2. The molecule has 2 aromatic carbocycles. The van der Waals surface area contributed by atoms with Crippen LogP contribution >= 0.6 is 0 Å². The first kappa shape index (κ1) is 20.4. The Morgan fingerprint density at radius 2 is 2.03 bits per heavy atom. The van der Waals surface area contributed by atoms with E-state index in [-0.39, 0.29) is 24.8 Å². The lowest BCUT2D eigenvalue weighted by molar-refractivity contribution is -0.120. The Morgan fingerprint density at radius 1 is 1.21 bits per heavy atom. The van der Waals surface area contributed by atoms with Gasteiger partial charge in [-0.15, -0.1) is 0 Å². The average molecular weight is 391 g/mol. The van der Waals surface area contributed by atoms with E-state index in [1.807, 2.05) is 44.2 Å². The van der Waals surface area contributed by atoms with Crippen LogP contribution in [0.5, 0.6) is 5.75 Å². The molecule has 1 heterocycles. The number of benzene rings is 2. The van der Waals surface area contributed by atoms with E-state index in [1.54, 1.807) is 21.9 Å². The van der Waals surface area contributed by atoms with Crippen LogP contribution in [-0.4, -0.2) is 31.5 Å². The maximum Gasteiger partial charge on any atom is 0.264 e. The number of amides is 2. The predicted molar refractivity (Wildman–Crippen MR) is 112 cm³/mol. The van der Waals surface area contributed by atoms with Gasteiger partial charge in [0, 0.05) is 37.0 Å². The van der Waals surface area contributed by atoms with E-state index in [0.29, 0.717) is 25.3 Å². The Balaban J connectivity index is 1.70. The van der Waals surface area contributed by atoms with Gasteiger partial charge in [-0.05, 0) is 55.7 Å². The molecule has 0 spiro atoms. The molecule has 150 valence electrons. The maximum atomic E-state index is 12.8. The second kappa shape index (κ2) is 9.24. The number of carbonyl (C=O) groups excluding carboxylic acids is 2. The summed E-state index contributed by atoms with van der Waals surface area (Å²) in [6, 6.07) is 15.1. The largest absolute Gasteiger partial charge is 0.484 e. The molecule has 1 saturated heterocycles. The smallest absolute Gasteiger partial charge is 0.264 e. The Morgan fingerprint density at radius 3 is 2.72 bits per heavy atom. The van der Waals surface area contributed by atoms with Crippen molar-refractivity contribution >= 4 is 23.2 Å². The molecule has 0 unspecified atom stereocenters. The molecule has 0 bridgehead atoms. The lowest BCUT2D eigenvalue weighted by atomic mass is 10.1. The van der Waals surface area contributed by atoms with Gasteiger partial charge in [-0.2, -0.15) is 5.26 Å². The summed E-state index contributed by atoms with van der Waals surface area (Å²) in [4.78, 5) is 28.1. The SMILES string of the molecule is Cc1ccc(N(CCC#N)C(=O)COc2cccc(N3CCCC3=O)c2)cc1C. The Hall–Kier alpha value is -3.33. The molecule has 0 aliphatic carbocycles. The van der Waals surface area contributed by atoms with Gasteiger partial charge in [0.1, 0.15) is 5.75 Å². The fourth-order valence-electron chi connectivity index (χ4n) is 3.34. The van der Waals surface area contributed by atoms with E-state index in [9.17, 15) is 9.59 Å². The van der Waals surface area contributed by atoms with Crippen molar-refractivity contribution in [3.05, 3.63) is 53.6 Å². The van der Waals surface area contributed by atoms with Crippen molar-refractivity contribution in [2.24, 2.45) is 0 Å². The summed E-state index contributed by atoms with van der Waals surface area (Å²) in [5.74, 6) is 0.428. The summed E-state index contributed by atoms with van der Waals surface area (Å²) >= 11 is 0. The Bertz CT molecular complexity index is 949. The molecule has 0 N–H and O–H groups in total. The van der Waals surface area contributed by atoms with Crippen LogP contribution in [0.15, 0.2) is 42.5 Å². The monoisotopic (exact) mass is 391 g/mol. The van der Waals surface area contributed by atoms with Crippen molar-refractivity contribution in [1.82, 2.24) is 0 Å². The van der Waals surface area contributed by atoms with Crippen LogP contribution in [0.4, 0.5) is 11.4 Å². The third kappa shape index (κ3) is 4.94. The highest BCUT2D eigenvalue weighted by Crippen LogP contribution is 2.26. The van der Waals surface area contributed by atoms with Gasteiger partial charge < -0.3 is 14.5 Å². The van der Waals surface area contributed by atoms with E-state index in [4.69, 9.17) is 10.00 Å². The minimum atomic E-state index is -0.217. The fraction of sp³-hybridized carbons (Fsp3) is 0.348. The zero-order valence-electron chi connectivity index (χ0n) is 16.9. The van der Waals surface area contributed by atoms with E-state index in [2.05, 4.69) is 6.07 Å². The maximum absolute atomic E-state index is 12.8. The lowest BCUT2D eigenvalue weighted by Gasteiger charge is -2.23. The zero-order chi connectivity index (χ0) is 20.8. The molecule has 0 aromatic heterocycles. The first-order chi connectivity index (χ1) is 14.0. The zero-order valence-corrected chi connectivity index (χ0v) is 16.9. The topological polar surface area (TPSA) is 73.6 Å². The number of carbonyl (C=O) groups is 2. The Kier molecular flexibility index (Phi) is 6.50. The van der Waals surface area contributed by atoms with Crippen LogP contribution in [0, 0.1) is 25.2 Å². The molecule has 1 aliphatic heterocycles. The van der Waals surface area contributed by atoms with Gasteiger partial charge in [-0.1, -0.05) is 12.1 Å². The van der Waals surface area contributed by atoms with Crippen LogP contribution < -0.4 is 14.5 Å². The van der Waals surface area contributed by atoms with Gasteiger partial charge in [-0.25, -0.2) is 0 Å². The molecule has 2 amide bonds. The van der Waals surface area contributed by atoms with E-state index >= 15 is 0 Å². The molecule has 0 saturated carbocycles. The van der Waals surface area contributed by atoms with E-state index in [0.717, 1.165) is 28.9 Å². The first-order valence-corrected chi connectivity index (χ1v) is 9.77. The molecule has 3 rings (SSSR count). The van der Waals surface area contributed by atoms with Crippen molar-refractivity contribution in [3.8, 4) is 11.8 Å². The minimum Gasteiger partial charge on any atom is -0.484 e. The van der Waals surface area contributed by atoms with Crippen molar-refractivity contribution in [3.63, 3.8) is 0 Å².